The summed E-state index contributed by atoms with van der Waals surface area (Å²) in [6.45, 7) is 6.12. The van der Waals surface area contributed by atoms with Crippen molar-refractivity contribution < 1.29 is 0 Å². The highest BCUT2D eigenvalue weighted by Crippen LogP contribution is 2.22. The molecule has 3 nitrogen and oxygen atoms in total. The van der Waals surface area contributed by atoms with E-state index < -0.39 is 0 Å². The van der Waals surface area contributed by atoms with E-state index in [1.54, 1.807) is 0 Å². The Morgan fingerprint density at radius 1 is 1.06 bits per heavy atom. The van der Waals surface area contributed by atoms with Crippen LogP contribution in [0.3, 0.4) is 0 Å². The minimum absolute atomic E-state index is 0. The average molecular weight is 262 g/mol. The van der Waals surface area contributed by atoms with E-state index >= 15 is 0 Å². The molecule has 0 bridgehead atoms. The Morgan fingerprint density at radius 3 is 2.47 bits per heavy atom. The smallest absolute Gasteiger partial charge is 0.0107 e. The number of halogens is 1. The van der Waals surface area contributed by atoms with Crippen LogP contribution >= 0.6 is 12.4 Å². The van der Waals surface area contributed by atoms with Crippen molar-refractivity contribution in [3.8, 4) is 0 Å². The number of hydrogen-bond acceptors (Lipinski definition) is 3. The molecule has 0 spiro atoms. The second-order valence-corrected chi connectivity index (χ2v) is 5.46. The number of rotatable bonds is 5. The Kier molecular flexibility index (Phi) is 7.44. The summed E-state index contributed by atoms with van der Waals surface area (Å²) in [4.78, 5) is 2.56. The summed E-state index contributed by atoms with van der Waals surface area (Å²) in [7, 11) is 0. The third-order valence-electron chi connectivity index (χ3n) is 4.18. The van der Waals surface area contributed by atoms with E-state index in [2.05, 4.69) is 10.2 Å². The highest BCUT2D eigenvalue weighted by molar-refractivity contribution is 5.85. The van der Waals surface area contributed by atoms with Crippen molar-refractivity contribution in [3.63, 3.8) is 0 Å². The maximum absolute atomic E-state index is 6.13. The van der Waals surface area contributed by atoms with Gasteiger partial charge in [0.2, 0.25) is 0 Å². The van der Waals surface area contributed by atoms with Crippen LogP contribution in [0, 0.1) is 5.92 Å². The summed E-state index contributed by atoms with van der Waals surface area (Å²) in [5.74, 6) is 0.729. The maximum Gasteiger partial charge on any atom is 0.0107 e. The molecule has 1 aliphatic carbocycles. The van der Waals surface area contributed by atoms with Crippen LogP contribution in [-0.2, 0) is 0 Å². The van der Waals surface area contributed by atoms with Gasteiger partial charge in [-0.1, -0.05) is 12.8 Å². The Balaban J connectivity index is 0.00000144. The van der Waals surface area contributed by atoms with E-state index in [9.17, 15) is 0 Å². The summed E-state index contributed by atoms with van der Waals surface area (Å²) in [6, 6.07) is 0.452. The van der Waals surface area contributed by atoms with Gasteiger partial charge in [0.25, 0.3) is 0 Å². The second kappa shape index (κ2) is 8.30. The Hall–Kier alpha value is 0.170. The van der Waals surface area contributed by atoms with Crippen molar-refractivity contribution in [2.24, 2.45) is 11.7 Å². The molecule has 2 rings (SSSR count). The number of likely N-dealkylation sites (tertiary alicyclic amines) is 1. The molecule has 102 valence electrons. The van der Waals surface area contributed by atoms with Gasteiger partial charge in [-0.3, -0.25) is 0 Å². The Labute approximate surface area is 112 Å². The molecule has 0 amide bonds. The van der Waals surface area contributed by atoms with Crippen molar-refractivity contribution in [1.82, 2.24) is 10.2 Å². The minimum Gasteiger partial charge on any atom is -0.327 e. The first-order valence-corrected chi connectivity index (χ1v) is 7.05. The highest BCUT2D eigenvalue weighted by atomic mass is 35.5. The van der Waals surface area contributed by atoms with Crippen LogP contribution in [0.4, 0.5) is 0 Å². The van der Waals surface area contributed by atoms with E-state index in [-0.39, 0.29) is 12.4 Å². The first-order valence-electron chi connectivity index (χ1n) is 7.05. The van der Waals surface area contributed by atoms with E-state index in [1.165, 1.54) is 58.2 Å². The average Bonchev–Trinajstić information content (AvgIpc) is 2.79. The van der Waals surface area contributed by atoms with Crippen LogP contribution in [-0.4, -0.2) is 43.7 Å². The zero-order valence-corrected chi connectivity index (χ0v) is 11.7. The molecule has 1 saturated heterocycles. The van der Waals surface area contributed by atoms with Gasteiger partial charge in [-0.05, 0) is 51.2 Å². The van der Waals surface area contributed by atoms with Crippen LogP contribution in [0.15, 0.2) is 0 Å². The predicted molar refractivity (Wildman–Crippen MR) is 75.7 cm³/mol. The van der Waals surface area contributed by atoms with Gasteiger partial charge in [-0.2, -0.15) is 0 Å². The molecule has 4 heteroatoms. The van der Waals surface area contributed by atoms with Crippen LogP contribution in [0.5, 0.6) is 0 Å². The first-order chi connectivity index (χ1) is 7.86. The van der Waals surface area contributed by atoms with Crippen LogP contribution in [0.25, 0.3) is 0 Å². The molecule has 2 fully saturated rings. The lowest BCUT2D eigenvalue weighted by Gasteiger charge is -2.29. The Morgan fingerprint density at radius 2 is 1.76 bits per heavy atom. The summed E-state index contributed by atoms with van der Waals surface area (Å²) in [5, 5.41) is 3.59. The van der Waals surface area contributed by atoms with Gasteiger partial charge in [-0.25, -0.2) is 0 Å². The van der Waals surface area contributed by atoms with Crippen LogP contribution in [0.2, 0.25) is 0 Å². The largest absolute Gasteiger partial charge is 0.327 e. The van der Waals surface area contributed by atoms with Crippen LogP contribution < -0.4 is 11.1 Å². The molecule has 17 heavy (non-hydrogen) atoms. The summed E-state index contributed by atoms with van der Waals surface area (Å²) in [6.07, 6.45) is 8.08. The van der Waals surface area contributed by atoms with Gasteiger partial charge in [0.05, 0.1) is 0 Å². The molecule has 2 aliphatic rings. The fourth-order valence-electron chi connectivity index (χ4n) is 3.02. The molecule has 2 atom stereocenters. The normalized spacial score (nSPS) is 30.2. The topological polar surface area (TPSA) is 41.3 Å². The second-order valence-electron chi connectivity index (χ2n) is 5.46. The van der Waals surface area contributed by atoms with Crippen molar-refractivity contribution >= 4 is 12.4 Å². The quantitative estimate of drug-likeness (QED) is 0.739. The van der Waals surface area contributed by atoms with E-state index in [4.69, 9.17) is 5.73 Å². The van der Waals surface area contributed by atoms with Gasteiger partial charge < -0.3 is 16.0 Å². The first kappa shape index (κ1) is 15.2. The third kappa shape index (κ3) is 5.12. The number of nitrogens with two attached hydrogens (primary N) is 1. The fraction of sp³-hybridized carbons (Fsp3) is 1.00. The number of nitrogens with one attached hydrogen (secondary N) is 1. The SMILES string of the molecule is Cl.N[C@H]1CCCC[C@H]1CNCCN1CCCC1. The summed E-state index contributed by atoms with van der Waals surface area (Å²) >= 11 is 0. The van der Waals surface area contributed by atoms with Crippen molar-refractivity contribution in [1.29, 1.82) is 0 Å². The molecule has 1 saturated carbocycles. The molecule has 0 aromatic rings. The monoisotopic (exact) mass is 261 g/mol. The summed E-state index contributed by atoms with van der Waals surface area (Å²) in [5.41, 5.74) is 6.13. The fourth-order valence-corrected chi connectivity index (χ4v) is 3.02. The zero-order valence-electron chi connectivity index (χ0n) is 10.9. The summed E-state index contributed by atoms with van der Waals surface area (Å²) < 4.78 is 0. The maximum atomic E-state index is 6.13. The van der Waals surface area contributed by atoms with Gasteiger partial charge in [0, 0.05) is 19.1 Å². The molecular weight excluding hydrogens is 234 g/mol. The standard InChI is InChI=1S/C13H27N3.ClH/c14-13-6-2-1-5-12(13)11-15-7-10-16-8-3-4-9-16;/h12-13,15H,1-11,14H2;1H/t12-,13-;/m0./s1. The lowest BCUT2D eigenvalue weighted by Crippen LogP contribution is -2.41. The van der Waals surface area contributed by atoms with Crippen molar-refractivity contribution in [2.75, 3.05) is 32.7 Å². The molecular formula is C13H28ClN3. The van der Waals surface area contributed by atoms with Crippen molar-refractivity contribution in [2.45, 2.75) is 44.6 Å². The number of nitrogens with zero attached hydrogens (tertiary/aromatic N) is 1. The minimum atomic E-state index is 0. The van der Waals surface area contributed by atoms with E-state index in [1.807, 2.05) is 0 Å². The third-order valence-corrected chi connectivity index (χ3v) is 4.18. The molecule has 1 aliphatic heterocycles. The van der Waals surface area contributed by atoms with E-state index in [0.717, 1.165) is 19.0 Å². The van der Waals surface area contributed by atoms with Crippen molar-refractivity contribution in [3.05, 3.63) is 0 Å². The molecule has 0 aromatic carbocycles. The molecule has 0 radical (unpaired) electrons. The Bertz CT molecular complexity index is 195. The molecule has 0 unspecified atom stereocenters. The molecule has 0 aromatic heterocycles. The zero-order chi connectivity index (χ0) is 11.2. The van der Waals surface area contributed by atoms with Gasteiger partial charge in [-0.15, -0.1) is 12.4 Å². The number of hydrogen-bond donors (Lipinski definition) is 2. The highest BCUT2D eigenvalue weighted by Gasteiger charge is 2.21. The predicted octanol–water partition coefficient (Wildman–Crippen LogP) is 1.61. The van der Waals surface area contributed by atoms with E-state index in [0.29, 0.717) is 6.04 Å². The van der Waals surface area contributed by atoms with Gasteiger partial charge >= 0.3 is 0 Å². The van der Waals surface area contributed by atoms with Gasteiger partial charge in [0.1, 0.15) is 0 Å². The van der Waals surface area contributed by atoms with Crippen LogP contribution in [0.1, 0.15) is 38.5 Å². The lowest BCUT2D eigenvalue weighted by atomic mass is 9.85. The van der Waals surface area contributed by atoms with Gasteiger partial charge in [0.15, 0.2) is 0 Å². The molecule has 3 N–H and O–H groups in total. The molecule has 1 heterocycles. The lowest BCUT2D eigenvalue weighted by molar-refractivity contribution is 0.284.